The molecule has 0 bridgehead atoms. The Kier molecular flexibility index (Phi) is 5.83. The van der Waals surface area contributed by atoms with Gasteiger partial charge in [0.05, 0.1) is 10.2 Å². The second-order valence-electron chi connectivity index (χ2n) is 6.63. The zero-order valence-electron chi connectivity index (χ0n) is 16.1. The summed E-state index contributed by atoms with van der Waals surface area (Å²) < 4.78 is 6.55. The Labute approximate surface area is 181 Å². The fourth-order valence-electron chi connectivity index (χ4n) is 2.91. The Bertz CT molecular complexity index is 1230. The lowest BCUT2D eigenvalue weighted by Gasteiger charge is -2.03. The number of thiazole rings is 1. The normalized spacial score (nSPS) is 10.9. The number of nitrogens with one attached hydrogen (secondary N) is 2. The minimum atomic E-state index is -0.358. The predicted octanol–water partition coefficient (Wildman–Crippen LogP) is 6.20. The fourth-order valence-corrected chi connectivity index (χ4v) is 4.03. The summed E-state index contributed by atoms with van der Waals surface area (Å²) >= 11 is 7.38. The van der Waals surface area contributed by atoms with E-state index in [-0.39, 0.29) is 17.6 Å². The molecule has 4 aromatic rings. The number of carbonyl (C=O) groups excluding carboxylic acids is 2. The van der Waals surface area contributed by atoms with Gasteiger partial charge in [0.25, 0.3) is 5.91 Å². The summed E-state index contributed by atoms with van der Waals surface area (Å²) in [6, 6.07) is 16.0. The molecule has 0 aliphatic heterocycles. The van der Waals surface area contributed by atoms with E-state index in [0.717, 1.165) is 22.2 Å². The first-order valence-electron chi connectivity index (χ1n) is 9.39. The molecule has 0 spiro atoms. The van der Waals surface area contributed by atoms with Crippen molar-refractivity contribution in [2.45, 2.75) is 19.8 Å². The van der Waals surface area contributed by atoms with Crippen molar-refractivity contribution < 1.29 is 14.0 Å². The van der Waals surface area contributed by atoms with Gasteiger partial charge in [-0.2, -0.15) is 0 Å². The zero-order chi connectivity index (χ0) is 21.1. The van der Waals surface area contributed by atoms with Crippen LogP contribution in [0.25, 0.3) is 21.5 Å². The smallest absolute Gasteiger partial charge is 0.291 e. The van der Waals surface area contributed by atoms with Crippen LogP contribution in [0.15, 0.2) is 59.0 Å². The highest BCUT2D eigenvalue weighted by Crippen LogP contribution is 2.29. The molecule has 2 heterocycles. The lowest BCUT2D eigenvalue weighted by molar-refractivity contribution is -0.116. The molecule has 4 rings (SSSR count). The molecule has 0 aliphatic carbocycles. The molecule has 0 atom stereocenters. The molecule has 2 N–H and O–H groups in total. The molecule has 8 heteroatoms. The largest absolute Gasteiger partial charge is 0.451 e. The summed E-state index contributed by atoms with van der Waals surface area (Å²) in [5.41, 5.74) is 2.17. The Balaban J connectivity index is 1.48. The third kappa shape index (κ3) is 4.53. The first-order chi connectivity index (χ1) is 14.5. The van der Waals surface area contributed by atoms with Gasteiger partial charge in [-0.15, -0.1) is 0 Å². The topological polar surface area (TPSA) is 84.2 Å². The number of nitrogens with zero attached hydrogens (tertiary/aromatic N) is 1. The zero-order valence-corrected chi connectivity index (χ0v) is 17.6. The Morgan fingerprint density at radius 3 is 2.77 bits per heavy atom. The van der Waals surface area contributed by atoms with Crippen LogP contribution in [0, 0.1) is 0 Å². The van der Waals surface area contributed by atoms with Crippen LogP contribution in [-0.2, 0) is 4.79 Å². The standard InChI is InChI=1S/C22H18ClN3O3S/c1-2-4-20(27)26-22-25-16-8-7-15(12-19(16)30-22)24-21(28)18-10-9-17(29-18)13-5-3-6-14(23)11-13/h3,5-12H,2,4H2,1H3,(H,24,28)(H,25,26,27). The highest BCUT2D eigenvalue weighted by atomic mass is 35.5. The second kappa shape index (κ2) is 8.69. The first kappa shape index (κ1) is 20.1. The van der Waals surface area contributed by atoms with Crippen molar-refractivity contribution in [3.63, 3.8) is 0 Å². The molecule has 0 saturated heterocycles. The summed E-state index contributed by atoms with van der Waals surface area (Å²) in [6.07, 6.45) is 1.23. The molecular weight excluding hydrogens is 422 g/mol. The third-order valence-electron chi connectivity index (χ3n) is 4.31. The van der Waals surface area contributed by atoms with Gasteiger partial charge < -0.3 is 15.1 Å². The van der Waals surface area contributed by atoms with E-state index in [1.165, 1.54) is 11.3 Å². The molecule has 2 aromatic carbocycles. The Morgan fingerprint density at radius 1 is 1.10 bits per heavy atom. The van der Waals surface area contributed by atoms with E-state index in [1.54, 1.807) is 36.4 Å². The number of benzene rings is 2. The van der Waals surface area contributed by atoms with Gasteiger partial charge in [0.2, 0.25) is 5.91 Å². The minimum Gasteiger partial charge on any atom is -0.451 e. The van der Waals surface area contributed by atoms with Gasteiger partial charge in [0, 0.05) is 22.7 Å². The second-order valence-corrected chi connectivity index (χ2v) is 8.10. The summed E-state index contributed by atoms with van der Waals surface area (Å²) in [4.78, 5) is 28.7. The van der Waals surface area contributed by atoms with E-state index >= 15 is 0 Å². The number of amides is 2. The summed E-state index contributed by atoms with van der Waals surface area (Å²) in [5, 5.41) is 6.77. The van der Waals surface area contributed by atoms with Gasteiger partial charge in [-0.25, -0.2) is 4.98 Å². The van der Waals surface area contributed by atoms with Crippen molar-refractivity contribution in [2.24, 2.45) is 0 Å². The number of hydrogen-bond acceptors (Lipinski definition) is 5. The number of aromatic nitrogens is 1. The molecule has 6 nitrogen and oxygen atoms in total. The minimum absolute atomic E-state index is 0.0570. The highest BCUT2D eigenvalue weighted by molar-refractivity contribution is 7.22. The van der Waals surface area contributed by atoms with Gasteiger partial charge >= 0.3 is 0 Å². The predicted molar refractivity (Wildman–Crippen MR) is 120 cm³/mol. The maximum Gasteiger partial charge on any atom is 0.291 e. The van der Waals surface area contributed by atoms with Gasteiger partial charge in [0.15, 0.2) is 10.9 Å². The van der Waals surface area contributed by atoms with Crippen molar-refractivity contribution >= 4 is 55.8 Å². The van der Waals surface area contributed by atoms with Crippen LogP contribution < -0.4 is 10.6 Å². The molecule has 0 saturated carbocycles. The maximum atomic E-state index is 12.6. The molecular formula is C22H18ClN3O3S. The van der Waals surface area contributed by atoms with E-state index in [1.807, 2.05) is 25.1 Å². The molecule has 2 amide bonds. The highest BCUT2D eigenvalue weighted by Gasteiger charge is 2.14. The van der Waals surface area contributed by atoms with Crippen molar-refractivity contribution in [2.75, 3.05) is 10.6 Å². The van der Waals surface area contributed by atoms with Gasteiger partial charge in [-0.3, -0.25) is 9.59 Å². The van der Waals surface area contributed by atoms with Crippen LogP contribution in [0.5, 0.6) is 0 Å². The molecule has 0 radical (unpaired) electrons. The van der Waals surface area contributed by atoms with Gasteiger partial charge in [-0.05, 0) is 48.9 Å². The van der Waals surface area contributed by atoms with Crippen LogP contribution in [0.4, 0.5) is 10.8 Å². The van der Waals surface area contributed by atoms with E-state index in [0.29, 0.717) is 28.0 Å². The average molecular weight is 440 g/mol. The van der Waals surface area contributed by atoms with Crippen molar-refractivity contribution in [1.29, 1.82) is 0 Å². The SMILES string of the molecule is CCCC(=O)Nc1nc2ccc(NC(=O)c3ccc(-c4cccc(Cl)c4)o3)cc2s1. The molecule has 0 unspecified atom stereocenters. The third-order valence-corrected chi connectivity index (χ3v) is 5.48. The van der Waals surface area contributed by atoms with Gasteiger partial charge in [0.1, 0.15) is 5.76 Å². The van der Waals surface area contributed by atoms with Crippen molar-refractivity contribution in [3.05, 3.63) is 65.4 Å². The van der Waals surface area contributed by atoms with Crippen LogP contribution in [0.1, 0.15) is 30.3 Å². The summed E-state index contributed by atoms with van der Waals surface area (Å²) in [5.74, 6) is 0.344. The van der Waals surface area contributed by atoms with E-state index < -0.39 is 0 Å². The van der Waals surface area contributed by atoms with Crippen LogP contribution >= 0.6 is 22.9 Å². The number of anilines is 2. The molecule has 2 aromatic heterocycles. The lowest BCUT2D eigenvalue weighted by atomic mass is 10.2. The van der Waals surface area contributed by atoms with Crippen molar-refractivity contribution in [1.82, 2.24) is 4.98 Å². The average Bonchev–Trinajstić information content (AvgIpc) is 3.34. The van der Waals surface area contributed by atoms with Gasteiger partial charge in [-0.1, -0.05) is 42.0 Å². The number of furan rings is 1. The van der Waals surface area contributed by atoms with E-state index in [4.69, 9.17) is 16.0 Å². The first-order valence-corrected chi connectivity index (χ1v) is 10.6. The molecule has 152 valence electrons. The monoisotopic (exact) mass is 439 g/mol. The van der Waals surface area contributed by atoms with Crippen LogP contribution in [-0.4, -0.2) is 16.8 Å². The van der Waals surface area contributed by atoms with E-state index in [2.05, 4.69) is 15.6 Å². The number of halogens is 1. The number of rotatable bonds is 6. The number of carbonyl (C=O) groups is 2. The Morgan fingerprint density at radius 2 is 1.97 bits per heavy atom. The van der Waals surface area contributed by atoms with Crippen molar-refractivity contribution in [3.8, 4) is 11.3 Å². The summed E-state index contributed by atoms with van der Waals surface area (Å²) in [7, 11) is 0. The van der Waals surface area contributed by atoms with E-state index in [9.17, 15) is 9.59 Å². The maximum absolute atomic E-state index is 12.6. The van der Waals surface area contributed by atoms with Crippen LogP contribution in [0.2, 0.25) is 5.02 Å². The fraction of sp³-hybridized carbons (Fsp3) is 0.136. The summed E-state index contributed by atoms with van der Waals surface area (Å²) in [6.45, 7) is 1.95. The lowest BCUT2D eigenvalue weighted by Crippen LogP contribution is -2.10. The Hall–Kier alpha value is -3.16. The molecule has 0 aliphatic rings. The van der Waals surface area contributed by atoms with Crippen LogP contribution in [0.3, 0.4) is 0 Å². The molecule has 30 heavy (non-hydrogen) atoms. The number of hydrogen-bond donors (Lipinski definition) is 2. The quantitative estimate of drug-likeness (QED) is 0.374. The number of fused-ring (bicyclic) bond motifs is 1. The molecule has 0 fully saturated rings.